The van der Waals surface area contributed by atoms with Gasteiger partial charge in [-0.15, -0.1) is 0 Å². The molecule has 1 aromatic rings. The first-order valence-corrected chi connectivity index (χ1v) is 10.0. The molecule has 0 spiro atoms. The molecule has 1 aromatic carbocycles. The maximum atomic E-state index is 12.7. The van der Waals surface area contributed by atoms with Crippen LogP contribution in [0.25, 0.3) is 0 Å². The highest BCUT2D eigenvalue weighted by molar-refractivity contribution is 7.48. The molecule has 0 heterocycles. The van der Waals surface area contributed by atoms with E-state index in [9.17, 15) is 9.83 Å². The Morgan fingerprint density at radius 1 is 1.08 bits per heavy atom. The molecule has 0 saturated carbocycles. The summed E-state index contributed by atoms with van der Waals surface area (Å²) in [6, 6.07) is 12.1. The third-order valence-electron chi connectivity index (χ3n) is 3.66. The number of hydrogen-bond donors (Lipinski definition) is 0. The first kappa shape index (κ1) is 20.9. The predicted octanol–water partition coefficient (Wildman–Crippen LogP) is 5.27. The van der Waals surface area contributed by atoms with Crippen molar-refractivity contribution in [3.8, 4) is 6.07 Å². The number of phosphoric ester groups is 1. The van der Waals surface area contributed by atoms with Crippen LogP contribution in [0.4, 0.5) is 0 Å². The Morgan fingerprint density at radius 2 is 1.71 bits per heavy atom. The zero-order valence-corrected chi connectivity index (χ0v) is 15.8. The normalized spacial score (nSPS) is 14.1. The minimum Gasteiger partial charge on any atom is -0.287 e. The van der Waals surface area contributed by atoms with Gasteiger partial charge in [0.1, 0.15) is 0 Å². The lowest BCUT2D eigenvalue weighted by molar-refractivity contribution is 0.0351. The Labute approximate surface area is 145 Å². The molecular formula is C18H28NO4P. The molecule has 0 saturated heterocycles. The van der Waals surface area contributed by atoms with Crippen LogP contribution in [0.15, 0.2) is 30.3 Å². The average Bonchev–Trinajstić information content (AvgIpc) is 2.59. The summed E-state index contributed by atoms with van der Waals surface area (Å²) in [6.45, 7) is 5.89. The van der Waals surface area contributed by atoms with Gasteiger partial charge in [-0.2, -0.15) is 5.26 Å². The van der Waals surface area contributed by atoms with Crippen LogP contribution in [-0.4, -0.2) is 18.8 Å². The molecule has 1 atom stereocenters. The summed E-state index contributed by atoms with van der Waals surface area (Å²) in [7, 11) is -3.74. The van der Waals surface area contributed by atoms with Crippen LogP contribution in [0.2, 0.25) is 0 Å². The van der Waals surface area contributed by atoms with Crippen molar-refractivity contribution in [2.75, 3.05) is 13.2 Å². The second kappa shape index (κ2) is 10.6. The summed E-state index contributed by atoms with van der Waals surface area (Å²) in [5, 5.41) is 9.77. The zero-order chi connectivity index (χ0) is 17.9. The number of rotatable bonds is 12. The predicted molar refractivity (Wildman–Crippen MR) is 94.6 cm³/mol. The van der Waals surface area contributed by atoms with Crippen LogP contribution in [-0.2, 0) is 24.6 Å². The molecule has 0 aliphatic carbocycles. The van der Waals surface area contributed by atoms with Crippen molar-refractivity contribution < 1.29 is 18.1 Å². The Balaban J connectivity index is 2.95. The van der Waals surface area contributed by atoms with Crippen molar-refractivity contribution in [3.63, 3.8) is 0 Å². The van der Waals surface area contributed by atoms with Crippen molar-refractivity contribution in [1.82, 2.24) is 0 Å². The SMILES string of the molecule is CCCCC(C#N)(CCc1ccccc1)OP(=O)(OCC)OCC. The lowest BCUT2D eigenvalue weighted by atomic mass is 9.91. The van der Waals surface area contributed by atoms with E-state index in [0.717, 1.165) is 18.4 Å². The Morgan fingerprint density at radius 3 is 2.21 bits per heavy atom. The number of benzene rings is 1. The minimum absolute atomic E-state index is 0.200. The van der Waals surface area contributed by atoms with E-state index >= 15 is 0 Å². The molecule has 0 N–H and O–H groups in total. The van der Waals surface area contributed by atoms with E-state index in [1.807, 2.05) is 37.3 Å². The van der Waals surface area contributed by atoms with Crippen LogP contribution in [0.5, 0.6) is 0 Å². The van der Waals surface area contributed by atoms with Gasteiger partial charge in [0.15, 0.2) is 5.60 Å². The second-order valence-corrected chi connectivity index (χ2v) is 7.16. The summed E-state index contributed by atoms with van der Waals surface area (Å²) in [6.07, 6.45) is 3.33. The van der Waals surface area contributed by atoms with Crippen LogP contribution in [0, 0.1) is 11.3 Å². The molecule has 0 aliphatic rings. The number of aryl methyl sites for hydroxylation is 1. The van der Waals surface area contributed by atoms with Crippen molar-refractivity contribution in [3.05, 3.63) is 35.9 Å². The maximum Gasteiger partial charge on any atom is 0.476 e. The molecule has 0 amide bonds. The summed E-state index contributed by atoms with van der Waals surface area (Å²) in [5.74, 6) is 0. The molecule has 6 heteroatoms. The Bertz CT molecular complexity index is 548. The smallest absolute Gasteiger partial charge is 0.287 e. The van der Waals surface area contributed by atoms with Crippen LogP contribution in [0.1, 0.15) is 52.0 Å². The van der Waals surface area contributed by atoms with E-state index in [2.05, 4.69) is 6.07 Å². The molecule has 134 valence electrons. The zero-order valence-electron chi connectivity index (χ0n) is 14.9. The van der Waals surface area contributed by atoms with Gasteiger partial charge in [0.25, 0.3) is 0 Å². The van der Waals surface area contributed by atoms with Gasteiger partial charge in [0.2, 0.25) is 0 Å². The summed E-state index contributed by atoms with van der Waals surface area (Å²) in [5.41, 5.74) is -0.0639. The van der Waals surface area contributed by atoms with Crippen molar-refractivity contribution in [2.24, 2.45) is 0 Å². The van der Waals surface area contributed by atoms with E-state index in [-0.39, 0.29) is 13.2 Å². The van der Waals surface area contributed by atoms with Gasteiger partial charge in [0, 0.05) is 0 Å². The van der Waals surface area contributed by atoms with Crippen LogP contribution in [0.3, 0.4) is 0 Å². The van der Waals surface area contributed by atoms with Gasteiger partial charge in [0.05, 0.1) is 19.3 Å². The van der Waals surface area contributed by atoms with Gasteiger partial charge in [-0.25, -0.2) is 4.57 Å². The summed E-state index contributed by atoms with van der Waals surface area (Å²) in [4.78, 5) is 0. The molecule has 0 aromatic heterocycles. The third-order valence-corrected chi connectivity index (χ3v) is 5.38. The molecule has 0 radical (unpaired) electrons. The standard InChI is InChI=1S/C18H28NO4P/c1-4-7-14-18(16-19,15-13-17-11-9-8-10-12-17)23-24(20,21-5-2)22-6-3/h8-12H,4-7,13-15H2,1-3H3. The number of hydrogen-bond acceptors (Lipinski definition) is 5. The van der Waals surface area contributed by atoms with Crippen LogP contribution < -0.4 is 0 Å². The van der Waals surface area contributed by atoms with Gasteiger partial charge in [-0.3, -0.25) is 13.6 Å². The molecule has 1 rings (SSSR count). The summed E-state index contributed by atoms with van der Waals surface area (Å²) < 4.78 is 28.9. The van der Waals surface area contributed by atoms with Gasteiger partial charge >= 0.3 is 7.82 Å². The number of nitrogens with zero attached hydrogens (tertiary/aromatic N) is 1. The highest BCUT2D eigenvalue weighted by Gasteiger charge is 2.41. The van der Waals surface area contributed by atoms with Gasteiger partial charge in [-0.05, 0) is 45.1 Å². The fourth-order valence-corrected chi connectivity index (χ4v) is 3.89. The van der Waals surface area contributed by atoms with Gasteiger partial charge < -0.3 is 0 Å². The lowest BCUT2D eigenvalue weighted by Crippen LogP contribution is -2.31. The first-order chi connectivity index (χ1) is 11.5. The minimum atomic E-state index is -3.74. The fourth-order valence-electron chi connectivity index (χ4n) is 2.42. The highest BCUT2D eigenvalue weighted by atomic mass is 31.2. The van der Waals surface area contributed by atoms with Crippen LogP contribution >= 0.6 is 7.82 Å². The van der Waals surface area contributed by atoms with Gasteiger partial charge in [-0.1, -0.05) is 43.7 Å². The molecule has 1 unspecified atom stereocenters. The molecular weight excluding hydrogens is 325 g/mol. The molecule has 0 aliphatic heterocycles. The van der Waals surface area contributed by atoms with E-state index in [4.69, 9.17) is 13.6 Å². The largest absolute Gasteiger partial charge is 0.476 e. The first-order valence-electron chi connectivity index (χ1n) is 8.58. The Kier molecular flexibility index (Phi) is 9.25. The molecule has 0 fully saturated rings. The number of phosphoric acid groups is 1. The lowest BCUT2D eigenvalue weighted by Gasteiger charge is -2.30. The summed E-state index contributed by atoms with van der Waals surface area (Å²) >= 11 is 0. The highest BCUT2D eigenvalue weighted by Crippen LogP contribution is 2.54. The Hall–Kier alpha value is -1.18. The quantitative estimate of drug-likeness (QED) is 0.479. The maximum absolute atomic E-state index is 12.7. The van der Waals surface area contributed by atoms with Crippen molar-refractivity contribution in [2.45, 2.75) is 58.5 Å². The third kappa shape index (κ3) is 6.75. The molecule has 0 bridgehead atoms. The van der Waals surface area contributed by atoms with E-state index in [1.165, 1.54) is 0 Å². The molecule has 5 nitrogen and oxygen atoms in total. The second-order valence-electron chi connectivity index (χ2n) is 5.57. The average molecular weight is 353 g/mol. The molecule has 24 heavy (non-hydrogen) atoms. The van der Waals surface area contributed by atoms with E-state index in [1.54, 1.807) is 13.8 Å². The van der Waals surface area contributed by atoms with Crippen molar-refractivity contribution >= 4 is 7.82 Å². The van der Waals surface area contributed by atoms with E-state index in [0.29, 0.717) is 19.3 Å². The monoisotopic (exact) mass is 353 g/mol. The number of unbranched alkanes of at least 4 members (excludes halogenated alkanes) is 1. The topological polar surface area (TPSA) is 68.5 Å². The van der Waals surface area contributed by atoms with Crippen molar-refractivity contribution in [1.29, 1.82) is 5.26 Å². The van der Waals surface area contributed by atoms with E-state index < -0.39 is 13.4 Å². The number of nitriles is 1. The fraction of sp³-hybridized carbons (Fsp3) is 0.611.